The van der Waals surface area contributed by atoms with Crippen molar-refractivity contribution in [2.45, 2.75) is 13.8 Å². The average molecular weight is 209 g/mol. The second-order valence-electron chi connectivity index (χ2n) is 3.00. The lowest BCUT2D eigenvalue weighted by Crippen LogP contribution is -2.07. The number of aliphatic imine (C=N–C) groups is 1. The van der Waals surface area contributed by atoms with E-state index in [1.54, 1.807) is 11.1 Å². The molecule has 0 rings (SSSR count). The first-order valence-electron chi connectivity index (χ1n) is 3.72. The summed E-state index contributed by atoms with van der Waals surface area (Å²) in [7, 11) is 3.63. The molecule has 0 aliphatic rings. The molecule has 4 heteroatoms. The van der Waals surface area contributed by atoms with Crippen LogP contribution in [0, 0.1) is 5.92 Å². The SMILES string of the molecule is CC(C)/C=N/C(Cl)=C(/Cl)N(C)C. The minimum atomic E-state index is 0.329. The molecule has 0 bridgehead atoms. The Bertz CT molecular complexity index is 195. The monoisotopic (exact) mass is 208 g/mol. The van der Waals surface area contributed by atoms with Crippen LogP contribution in [-0.4, -0.2) is 25.2 Å². The predicted molar refractivity (Wildman–Crippen MR) is 55.7 cm³/mol. The lowest BCUT2D eigenvalue weighted by Gasteiger charge is -2.10. The second kappa shape index (κ2) is 5.44. The summed E-state index contributed by atoms with van der Waals surface area (Å²) in [6, 6.07) is 0. The minimum Gasteiger partial charge on any atom is -0.366 e. The van der Waals surface area contributed by atoms with Crippen molar-refractivity contribution < 1.29 is 0 Å². The lowest BCUT2D eigenvalue weighted by molar-refractivity contribution is 0.544. The average Bonchev–Trinajstić information content (AvgIpc) is 1.98. The molecule has 0 aromatic rings. The van der Waals surface area contributed by atoms with Crippen LogP contribution in [0.25, 0.3) is 0 Å². The van der Waals surface area contributed by atoms with Crippen LogP contribution >= 0.6 is 23.2 Å². The maximum absolute atomic E-state index is 5.81. The van der Waals surface area contributed by atoms with Crippen LogP contribution in [0.4, 0.5) is 0 Å². The third kappa shape index (κ3) is 4.62. The Morgan fingerprint density at radius 3 is 2.17 bits per heavy atom. The number of hydrogen-bond donors (Lipinski definition) is 0. The minimum absolute atomic E-state index is 0.329. The zero-order valence-corrected chi connectivity index (χ0v) is 9.32. The molecular weight excluding hydrogens is 195 g/mol. The summed E-state index contributed by atoms with van der Waals surface area (Å²) in [4.78, 5) is 5.70. The van der Waals surface area contributed by atoms with E-state index in [2.05, 4.69) is 4.99 Å². The smallest absolute Gasteiger partial charge is 0.163 e. The zero-order valence-electron chi connectivity index (χ0n) is 7.81. The summed E-state index contributed by atoms with van der Waals surface area (Å²) >= 11 is 11.6. The molecule has 70 valence electrons. The van der Waals surface area contributed by atoms with Crippen LogP contribution in [0.5, 0.6) is 0 Å². The molecule has 0 fully saturated rings. The van der Waals surface area contributed by atoms with Crippen LogP contribution in [0.15, 0.2) is 15.3 Å². The van der Waals surface area contributed by atoms with E-state index >= 15 is 0 Å². The Labute approximate surface area is 83.9 Å². The topological polar surface area (TPSA) is 15.6 Å². The number of nitrogens with zero attached hydrogens (tertiary/aromatic N) is 2. The molecule has 0 saturated heterocycles. The number of rotatable bonds is 3. The van der Waals surface area contributed by atoms with Gasteiger partial charge in [-0.05, 0) is 5.92 Å². The van der Waals surface area contributed by atoms with E-state index in [1.807, 2.05) is 27.9 Å². The van der Waals surface area contributed by atoms with Crippen molar-refractivity contribution in [2.24, 2.45) is 10.9 Å². The van der Waals surface area contributed by atoms with Gasteiger partial charge in [0.15, 0.2) is 5.16 Å². The normalized spacial score (nSPS) is 13.9. The number of halogens is 2. The van der Waals surface area contributed by atoms with Crippen LogP contribution in [0.1, 0.15) is 13.8 Å². The highest BCUT2D eigenvalue weighted by Crippen LogP contribution is 2.16. The Hall–Kier alpha value is -0.210. The van der Waals surface area contributed by atoms with Gasteiger partial charge in [-0.2, -0.15) is 0 Å². The first-order chi connectivity index (χ1) is 5.45. The summed E-state index contributed by atoms with van der Waals surface area (Å²) in [6.07, 6.45) is 1.76. The highest BCUT2D eigenvalue weighted by molar-refractivity contribution is 6.38. The van der Waals surface area contributed by atoms with Gasteiger partial charge in [0.25, 0.3) is 0 Å². The van der Waals surface area contributed by atoms with Gasteiger partial charge in [-0.15, -0.1) is 0 Å². The first-order valence-corrected chi connectivity index (χ1v) is 4.47. The van der Waals surface area contributed by atoms with E-state index in [0.717, 1.165) is 0 Å². The molecule has 0 atom stereocenters. The van der Waals surface area contributed by atoms with Crippen molar-refractivity contribution in [1.29, 1.82) is 0 Å². The Morgan fingerprint density at radius 1 is 1.33 bits per heavy atom. The van der Waals surface area contributed by atoms with E-state index in [1.165, 1.54) is 0 Å². The van der Waals surface area contributed by atoms with E-state index in [0.29, 0.717) is 16.2 Å². The van der Waals surface area contributed by atoms with Crippen LogP contribution in [0.2, 0.25) is 0 Å². The van der Waals surface area contributed by atoms with Crippen molar-refractivity contribution in [2.75, 3.05) is 14.1 Å². The Kier molecular flexibility index (Phi) is 5.34. The molecule has 0 aliphatic carbocycles. The van der Waals surface area contributed by atoms with Gasteiger partial charge in [0.1, 0.15) is 5.16 Å². The molecule has 0 saturated carbocycles. The molecule has 0 aromatic heterocycles. The molecule has 0 amide bonds. The molecule has 0 unspecified atom stereocenters. The van der Waals surface area contributed by atoms with Gasteiger partial charge in [-0.25, -0.2) is 4.99 Å². The summed E-state index contributed by atoms with van der Waals surface area (Å²) in [5, 5.41) is 0.781. The van der Waals surface area contributed by atoms with Gasteiger partial charge in [-0.3, -0.25) is 0 Å². The van der Waals surface area contributed by atoms with Gasteiger partial charge in [0.05, 0.1) is 0 Å². The van der Waals surface area contributed by atoms with Gasteiger partial charge >= 0.3 is 0 Å². The molecule has 2 nitrogen and oxygen atoms in total. The van der Waals surface area contributed by atoms with Gasteiger partial charge in [-0.1, -0.05) is 37.0 Å². The van der Waals surface area contributed by atoms with Crippen LogP contribution in [0.3, 0.4) is 0 Å². The highest BCUT2D eigenvalue weighted by atomic mass is 35.5. The van der Waals surface area contributed by atoms with E-state index in [9.17, 15) is 0 Å². The van der Waals surface area contributed by atoms with Crippen LogP contribution < -0.4 is 0 Å². The summed E-state index contributed by atoms with van der Waals surface area (Å²) < 4.78 is 0. The molecule has 0 aliphatic heterocycles. The molecule has 12 heavy (non-hydrogen) atoms. The van der Waals surface area contributed by atoms with Gasteiger partial charge in [0.2, 0.25) is 0 Å². The summed E-state index contributed by atoms with van der Waals surface area (Å²) in [5.74, 6) is 0.380. The maximum atomic E-state index is 5.81. The maximum Gasteiger partial charge on any atom is 0.163 e. The van der Waals surface area contributed by atoms with Gasteiger partial charge in [0, 0.05) is 20.3 Å². The van der Waals surface area contributed by atoms with E-state index in [4.69, 9.17) is 23.2 Å². The van der Waals surface area contributed by atoms with Crippen molar-refractivity contribution in [3.05, 3.63) is 10.3 Å². The quantitative estimate of drug-likeness (QED) is 0.515. The fraction of sp³-hybridized carbons (Fsp3) is 0.625. The summed E-state index contributed by atoms with van der Waals surface area (Å²) in [5.41, 5.74) is 0. The molecular formula is C8H14Cl2N2. The standard InChI is InChI=1S/C8H14Cl2N2/c1-6(2)5-11-7(9)8(10)12(3)4/h5-6H,1-4H3/b8-7-,11-5+. The highest BCUT2D eigenvalue weighted by Gasteiger charge is 2.01. The number of hydrogen-bond acceptors (Lipinski definition) is 2. The third-order valence-corrected chi connectivity index (χ3v) is 1.94. The Morgan fingerprint density at radius 2 is 1.83 bits per heavy atom. The fourth-order valence-electron chi connectivity index (χ4n) is 0.452. The van der Waals surface area contributed by atoms with Crippen molar-refractivity contribution in [1.82, 2.24) is 4.90 Å². The fourth-order valence-corrected chi connectivity index (χ4v) is 0.726. The lowest BCUT2D eigenvalue weighted by atomic mass is 10.3. The molecule has 0 heterocycles. The van der Waals surface area contributed by atoms with Gasteiger partial charge < -0.3 is 4.90 Å². The van der Waals surface area contributed by atoms with E-state index < -0.39 is 0 Å². The van der Waals surface area contributed by atoms with E-state index in [-0.39, 0.29) is 0 Å². The molecule has 0 N–H and O–H groups in total. The largest absolute Gasteiger partial charge is 0.366 e. The van der Waals surface area contributed by atoms with Crippen molar-refractivity contribution >= 4 is 29.4 Å². The third-order valence-electron chi connectivity index (χ3n) is 1.05. The van der Waals surface area contributed by atoms with Crippen molar-refractivity contribution in [3.63, 3.8) is 0 Å². The van der Waals surface area contributed by atoms with Crippen molar-refractivity contribution in [3.8, 4) is 0 Å². The zero-order chi connectivity index (χ0) is 9.72. The first kappa shape index (κ1) is 11.8. The molecule has 0 radical (unpaired) electrons. The second-order valence-corrected chi connectivity index (χ2v) is 3.71. The predicted octanol–water partition coefficient (Wildman–Crippen LogP) is 2.88. The summed E-state index contributed by atoms with van der Waals surface area (Å²) in [6.45, 7) is 4.05. The Balaban J connectivity index is 4.36. The molecule has 0 spiro atoms. The van der Waals surface area contributed by atoms with Crippen LogP contribution in [-0.2, 0) is 0 Å². The molecule has 0 aromatic carbocycles.